The minimum absolute atomic E-state index is 0.212. The summed E-state index contributed by atoms with van der Waals surface area (Å²) in [4.78, 5) is 15.5. The average Bonchev–Trinajstić information content (AvgIpc) is 3.15. The number of aryl methyl sites for hydroxylation is 1. The summed E-state index contributed by atoms with van der Waals surface area (Å²) in [6.45, 7) is 1.52. The molecule has 0 aliphatic carbocycles. The van der Waals surface area contributed by atoms with E-state index in [-0.39, 0.29) is 16.7 Å². The average molecular weight is 347 g/mol. The van der Waals surface area contributed by atoms with Gasteiger partial charge in [0.05, 0.1) is 6.20 Å². The first-order valence-corrected chi connectivity index (χ1v) is 7.47. The SMILES string of the molecule is Cn1cc(C(=O)N2CCN(c3nnc(C(F)(F)F)s3)CC2)nn1. The monoisotopic (exact) mass is 347 g/mol. The topological polar surface area (TPSA) is 80.0 Å². The highest BCUT2D eigenvalue weighted by molar-refractivity contribution is 7.15. The lowest BCUT2D eigenvalue weighted by atomic mass is 10.3. The largest absolute Gasteiger partial charge is 0.445 e. The molecule has 1 amide bonds. The van der Waals surface area contributed by atoms with Gasteiger partial charge in [-0.2, -0.15) is 13.2 Å². The third-order valence-corrected chi connectivity index (χ3v) is 4.34. The molecular formula is C11H12F3N7OS. The quantitative estimate of drug-likeness (QED) is 0.794. The van der Waals surface area contributed by atoms with Gasteiger partial charge in [0.25, 0.3) is 5.91 Å². The maximum Gasteiger partial charge on any atom is 0.445 e. The van der Waals surface area contributed by atoms with E-state index in [4.69, 9.17) is 0 Å². The number of hydrogen-bond acceptors (Lipinski definition) is 7. The molecule has 8 nitrogen and oxygen atoms in total. The van der Waals surface area contributed by atoms with Gasteiger partial charge in [0.15, 0.2) is 5.69 Å². The molecule has 0 atom stereocenters. The van der Waals surface area contributed by atoms with Gasteiger partial charge in [-0.05, 0) is 0 Å². The van der Waals surface area contributed by atoms with Crippen molar-refractivity contribution in [3.05, 3.63) is 16.9 Å². The highest BCUT2D eigenvalue weighted by atomic mass is 32.1. The zero-order chi connectivity index (χ0) is 16.6. The molecule has 0 aromatic carbocycles. The molecule has 0 unspecified atom stereocenters. The number of halogens is 3. The van der Waals surface area contributed by atoms with E-state index in [0.717, 1.165) is 0 Å². The molecule has 1 saturated heterocycles. The summed E-state index contributed by atoms with van der Waals surface area (Å²) in [7, 11) is 1.66. The first-order chi connectivity index (χ1) is 10.8. The number of piperazine rings is 1. The molecule has 3 heterocycles. The Bertz CT molecular complexity index is 705. The van der Waals surface area contributed by atoms with Crippen molar-refractivity contribution in [3.8, 4) is 0 Å². The highest BCUT2D eigenvalue weighted by Gasteiger charge is 2.36. The van der Waals surface area contributed by atoms with Gasteiger partial charge < -0.3 is 9.80 Å². The van der Waals surface area contributed by atoms with E-state index in [1.54, 1.807) is 16.8 Å². The molecule has 1 aliphatic heterocycles. The van der Waals surface area contributed by atoms with Crippen LogP contribution in [0.2, 0.25) is 0 Å². The molecule has 0 N–H and O–H groups in total. The second-order valence-corrected chi connectivity index (χ2v) is 5.90. The molecule has 2 aromatic heterocycles. The lowest BCUT2D eigenvalue weighted by Gasteiger charge is -2.33. The van der Waals surface area contributed by atoms with Crippen LogP contribution < -0.4 is 4.90 Å². The third-order valence-electron chi connectivity index (χ3n) is 3.32. The van der Waals surface area contributed by atoms with Crippen LogP contribution in [-0.2, 0) is 13.2 Å². The van der Waals surface area contributed by atoms with Crippen LogP contribution in [-0.4, -0.2) is 62.2 Å². The smallest absolute Gasteiger partial charge is 0.343 e. The predicted octanol–water partition coefficient (Wildman–Crippen LogP) is 0.648. The summed E-state index contributed by atoms with van der Waals surface area (Å²) in [5.74, 6) is -0.244. The summed E-state index contributed by atoms with van der Waals surface area (Å²) in [5.41, 5.74) is 0.247. The second kappa shape index (κ2) is 5.76. The number of anilines is 1. The van der Waals surface area contributed by atoms with Crippen molar-refractivity contribution in [2.45, 2.75) is 6.18 Å². The molecule has 1 aliphatic rings. The van der Waals surface area contributed by atoms with E-state index in [2.05, 4.69) is 20.5 Å². The van der Waals surface area contributed by atoms with Gasteiger partial charge in [0, 0.05) is 33.2 Å². The molecule has 12 heteroatoms. The van der Waals surface area contributed by atoms with Crippen LogP contribution in [0.5, 0.6) is 0 Å². The summed E-state index contributed by atoms with van der Waals surface area (Å²) < 4.78 is 39.1. The number of amides is 1. The minimum Gasteiger partial charge on any atom is -0.343 e. The molecule has 23 heavy (non-hydrogen) atoms. The van der Waals surface area contributed by atoms with Crippen molar-refractivity contribution in [2.24, 2.45) is 7.05 Å². The Morgan fingerprint density at radius 1 is 1.17 bits per heavy atom. The van der Waals surface area contributed by atoms with Crippen LogP contribution in [0.15, 0.2) is 6.20 Å². The van der Waals surface area contributed by atoms with Crippen LogP contribution in [0, 0.1) is 0 Å². The van der Waals surface area contributed by atoms with Crippen LogP contribution in [0.1, 0.15) is 15.5 Å². The molecule has 1 fully saturated rings. The van der Waals surface area contributed by atoms with Crippen LogP contribution in [0.25, 0.3) is 0 Å². The predicted molar refractivity (Wildman–Crippen MR) is 74.0 cm³/mol. The number of carbonyl (C=O) groups excluding carboxylic acids is 1. The Hall–Kier alpha value is -2.24. The van der Waals surface area contributed by atoms with Crippen LogP contribution in [0.3, 0.4) is 0 Å². The van der Waals surface area contributed by atoms with Gasteiger partial charge in [0.1, 0.15) is 0 Å². The molecule has 0 radical (unpaired) electrons. The molecule has 0 spiro atoms. The summed E-state index contributed by atoms with van der Waals surface area (Å²) in [5, 5.41) is 13.5. The van der Waals surface area contributed by atoms with Crippen molar-refractivity contribution in [2.75, 3.05) is 31.1 Å². The Kier molecular flexibility index (Phi) is 3.92. The van der Waals surface area contributed by atoms with Gasteiger partial charge in [0.2, 0.25) is 10.1 Å². The minimum atomic E-state index is -4.49. The number of carbonyl (C=O) groups is 1. The van der Waals surface area contributed by atoms with E-state index >= 15 is 0 Å². The van der Waals surface area contributed by atoms with Gasteiger partial charge in [-0.3, -0.25) is 9.48 Å². The van der Waals surface area contributed by atoms with Crippen molar-refractivity contribution in [1.82, 2.24) is 30.1 Å². The standard InChI is InChI=1S/C11H12F3N7OS/c1-19-6-7(15-18-19)8(22)20-2-4-21(5-3-20)10-17-16-9(23-10)11(12,13)14/h6H,2-5H2,1H3. The van der Waals surface area contributed by atoms with Crippen molar-refractivity contribution in [3.63, 3.8) is 0 Å². The number of aromatic nitrogens is 5. The Balaban J connectivity index is 1.62. The zero-order valence-electron chi connectivity index (χ0n) is 12.0. The molecule has 0 bridgehead atoms. The van der Waals surface area contributed by atoms with Crippen molar-refractivity contribution >= 4 is 22.4 Å². The molecule has 2 aromatic rings. The molecular weight excluding hydrogens is 335 g/mol. The molecule has 0 saturated carbocycles. The third kappa shape index (κ3) is 3.25. The fraction of sp³-hybridized carbons (Fsp3) is 0.545. The summed E-state index contributed by atoms with van der Waals surface area (Å²) >= 11 is 0.505. The lowest BCUT2D eigenvalue weighted by molar-refractivity contribution is -0.138. The summed E-state index contributed by atoms with van der Waals surface area (Å²) in [6, 6.07) is 0. The number of alkyl halides is 3. The maximum atomic E-state index is 12.5. The fourth-order valence-electron chi connectivity index (χ4n) is 2.17. The Morgan fingerprint density at radius 3 is 2.39 bits per heavy atom. The van der Waals surface area contributed by atoms with Crippen molar-refractivity contribution < 1.29 is 18.0 Å². The van der Waals surface area contributed by atoms with E-state index in [1.165, 1.54) is 10.9 Å². The Labute approximate surface area is 132 Å². The molecule has 124 valence electrons. The lowest BCUT2D eigenvalue weighted by Crippen LogP contribution is -2.48. The zero-order valence-corrected chi connectivity index (χ0v) is 12.8. The summed E-state index contributed by atoms with van der Waals surface area (Å²) in [6.07, 6.45) is -2.96. The number of hydrogen-bond donors (Lipinski definition) is 0. The second-order valence-electron chi connectivity index (χ2n) is 4.94. The highest BCUT2D eigenvalue weighted by Crippen LogP contribution is 2.34. The van der Waals surface area contributed by atoms with Crippen LogP contribution >= 0.6 is 11.3 Å². The normalized spacial score (nSPS) is 16.0. The van der Waals surface area contributed by atoms with E-state index in [9.17, 15) is 18.0 Å². The first kappa shape index (κ1) is 15.6. The van der Waals surface area contributed by atoms with Gasteiger partial charge in [-0.15, -0.1) is 15.3 Å². The van der Waals surface area contributed by atoms with Gasteiger partial charge >= 0.3 is 6.18 Å². The fourth-order valence-corrected chi connectivity index (χ4v) is 2.93. The van der Waals surface area contributed by atoms with Gasteiger partial charge in [-0.1, -0.05) is 16.6 Å². The van der Waals surface area contributed by atoms with E-state index in [0.29, 0.717) is 37.5 Å². The van der Waals surface area contributed by atoms with Gasteiger partial charge in [-0.25, -0.2) is 0 Å². The first-order valence-electron chi connectivity index (χ1n) is 6.66. The molecule has 3 rings (SSSR count). The number of rotatable bonds is 2. The Morgan fingerprint density at radius 2 is 1.87 bits per heavy atom. The maximum absolute atomic E-state index is 12.5. The van der Waals surface area contributed by atoms with Crippen LogP contribution in [0.4, 0.5) is 18.3 Å². The van der Waals surface area contributed by atoms with E-state index in [1.807, 2.05) is 0 Å². The van der Waals surface area contributed by atoms with E-state index < -0.39 is 11.2 Å². The number of nitrogens with zero attached hydrogens (tertiary/aromatic N) is 7. The van der Waals surface area contributed by atoms with Crippen molar-refractivity contribution in [1.29, 1.82) is 0 Å².